The van der Waals surface area contributed by atoms with Gasteiger partial charge in [0.05, 0.1) is 17.7 Å². The number of aryl methyl sites for hydroxylation is 1. The minimum Gasteiger partial charge on any atom is -0.339 e. The summed E-state index contributed by atoms with van der Waals surface area (Å²) in [6.07, 6.45) is -1.76. The molecular formula is C14H20F3N3O. The van der Waals surface area contributed by atoms with Crippen molar-refractivity contribution in [2.45, 2.75) is 45.8 Å². The second-order valence-electron chi connectivity index (χ2n) is 5.47. The van der Waals surface area contributed by atoms with Crippen molar-refractivity contribution < 1.29 is 18.0 Å². The second-order valence-corrected chi connectivity index (χ2v) is 5.47. The zero-order chi connectivity index (χ0) is 15.6. The molecule has 118 valence electrons. The van der Waals surface area contributed by atoms with Gasteiger partial charge in [0.2, 0.25) is 0 Å². The van der Waals surface area contributed by atoms with Crippen LogP contribution < -0.4 is 0 Å². The molecule has 0 atom stereocenters. The maximum Gasteiger partial charge on any atom is 0.391 e. The number of likely N-dealkylation sites (tertiary alicyclic amines) is 1. The molecule has 1 aliphatic rings. The number of hydrogen-bond donors (Lipinski definition) is 0. The molecule has 0 unspecified atom stereocenters. The largest absolute Gasteiger partial charge is 0.391 e. The Morgan fingerprint density at radius 2 is 2.00 bits per heavy atom. The van der Waals surface area contributed by atoms with Gasteiger partial charge in [-0.2, -0.15) is 18.3 Å². The average Bonchev–Trinajstić information content (AvgIpc) is 2.79. The Labute approximate surface area is 121 Å². The van der Waals surface area contributed by atoms with E-state index in [2.05, 4.69) is 5.10 Å². The molecule has 1 saturated heterocycles. The van der Waals surface area contributed by atoms with Crippen molar-refractivity contribution in [3.05, 3.63) is 17.5 Å². The third-order valence-electron chi connectivity index (χ3n) is 4.01. The Balaban J connectivity index is 2.02. The van der Waals surface area contributed by atoms with Crippen LogP contribution in [0, 0.1) is 12.8 Å². The van der Waals surface area contributed by atoms with Crippen LogP contribution in [0.25, 0.3) is 0 Å². The summed E-state index contributed by atoms with van der Waals surface area (Å²) < 4.78 is 39.6. The van der Waals surface area contributed by atoms with Crippen LogP contribution in [0.15, 0.2) is 6.20 Å². The first-order valence-corrected chi connectivity index (χ1v) is 7.23. The highest BCUT2D eigenvalue weighted by molar-refractivity contribution is 5.95. The van der Waals surface area contributed by atoms with E-state index in [4.69, 9.17) is 0 Å². The molecule has 0 saturated carbocycles. The lowest BCUT2D eigenvalue weighted by Crippen LogP contribution is -2.42. The predicted octanol–water partition coefficient (Wildman–Crippen LogP) is 3.02. The summed E-state index contributed by atoms with van der Waals surface area (Å²) in [7, 11) is 0. The van der Waals surface area contributed by atoms with Crippen molar-refractivity contribution in [1.82, 2.24) is 14.7 Å². The minimum absolute atomic E-state index is 0.0165. The van der Waals surface area contributed by atoms with Crippen LogP contribution >= 0.6 is 0 Å². The molecule has 2 rings (SSSR count). The van der Waals surface area contributed by atoms with Crippen LogP contribution in [0.1, 0.15) is 42.2 Å². The second kappa shape index (κ2) is 6.07. The lowest BCUT2D eigenvalue weighted by atomic mass is 9.96. The van der Waals surface area contributed by atoms with Crippen molar-refractivity contribution in [3.8, 4) is 0 Å². The van der Waals surface area contributed by atoms with Gasteiger partial charge in [0.15, 0.2) is 0 Å². The molecule has 0 N–H and O–H groups in total. The molecule has 1 aliphatic heterocycles. The molecule has 4 nitrogen and oxygen atoms in total. The summed E-state index contributed by atoms with van der Waals surface area (Å²) in [5.41, 5.74) is 1.27. The van der Waals surface area contributed by atoms with Crippen molar-refractivity contribution in [2.75, 3.05) is 13.1 Å². The highest BCUT2D eigenvalue weighted by atomic mass is 19.4. The third kappa shape index (κ3) is 3.39. The maximum absolute atomic E-state index is 12.6. The standard InChI is InChI=1S/C14H20F3N3O/c1-3-6-20-10(2)12(9-18-20)13(21)19-7-4-11(5-8-19)14(15,16)17/h9,11H,3-8H2,1-2H3. The van der Waals surface area contributed by atoms with Crippen LogP contribution in [0.2, 0.25) is 0 Å². The molecule has 21 heavy (non-hydrogen) atoms. The van der Waals surface area contributed by atoms with E-state index < -0.39 is 12.1 Å². The van der Waals surface area contributed by atoms with Gasteiger partial charge < -0.3 is 4.90 Å². The van der Waals surface area contributed by atoms with Gasteiger partial charge in [-0.05, 0) is 26.2 Å². The molecule has 1 amide bonds. The van der Waals surface area contributed by atoms with E-state index in [1.807, 2.05) is 13.8 Å². The molecule has 1 aromatic rings. The average molecular weight is 303 g/mol. The van der Waals surface area contributed by atoms with Crippen molar-refractivity contribution in [1.29, 1.82) is 0 Å². The van der Waals surface area contributed by atoms with Crippen molar-refractivity contribution in [3.63, 3.8) is 0 Å². The Bertz CT molecular complexity index is 502. The van der Waals surface area contributed by atoms with E-state index in [1.165, 1.54) is 11.1 Å². The van der Waals surface area contributed by atoms with Crippen molar-refractivity contribution >= 4 is 5.91 Å². The van der Waals surface area contributed by atoms with Gasteiger partial charge in [0, 0.05) is 25.3 Å². The molecule has 0 aliphatic carbocycles. The van der Waals surface area contributed by atoms with Crippen LogP contribution in [0.3, 0.4) is 0 Å². The lowest BCUT2D eigenvalue weighted by molar-refractivity contribution is -0.183. The van der Waals surface area contributed by atoms with Crippen LogP contribution in [0.4, 0.5) is 13.2 Å². The number of carbonyl (C=O) groups excluding carboxylic acids is 1. The predicted molar refractivity (Wildman–Crippen MR) is 71.9 cm³/mol. The van der Waals surface area contributed by atoms with E-state index >= 15 is 0 Å². The molecule has 0 spiro atoms. The number of halogens is 3. The number of aromatic nitrogens is 2. The van der Waals surface area contributed by atoms with E-state index in [0.717, 1.165) is 18.7 Å². The fourth-order valence-electron chi connectivity index (χ4n) is 2.67. The summed E-state index contributed by atoms with van der Waals surface area (Å²) in [6.45, 7) is 4.88. The molecule has 7 heteroatoms. The number of carbonyl (C=O) groups is 1. The Hall–Kier alpha value is -1.53. The third-order valence-corrected chi connectivity index (χ3v) is 4.01. The number of hydrogen-bond acceptors (Lipinski definition) is 2. The fourth-order valence-corrected chi connectivity index (χ4v) is 2.67. The SMILES string of the molecule is CCCn1ncc(C(=O)N2CCC(C(F)(F)F)CC2)c1C. The van der Waals surface area contributed by atoms with Crippen LogP contribution in [0.5, 0.6) is 0 Å². The Morgan fingerprint density at radius 3 is 2.52 bits per heavy atom. The molecule has 1 aromatic heterocycles. The minimum atomic E-state index is -4.16. The number of alkyl halides is 3. The molecule has 0 bridgehead atoms. The highest BCUT2D eigenvalue weighted by Gasteiger charge is 2.41. The van der Waals surface area contributed by atoms with Gasteiger partial charge in [0.1, 0.15) is 0 Å². The monoisotopic (exact) mass is 303 g/mol. The molecule has 0 aromatic carbocycles. The Kier molecular flexibility index (Phi) is 4.58. The highest BCUT2D eigenvalue weighted by Crippen LogP contribution is 2.34. The summed E-state index contributed by atoms with van der Waals surface area (Å²) in [5.74, 6) is -1.50. The summed E-state index contributed by atoms with van der Waals surface area (Å²) in [6, 6.07) is 0. The van der Waals surface area contributed by atoms with E-state index in [1.54, 1.807) is 4.68 Å². The first-order valence-electron chi connectivity index (χ1n) is 7.23. The topological polar surface area (TPSA) is 38.1 Å². The molecular weight excluding hydrogens is 283 g/mol. The number of amides is 1. The van der Waals surface area contributed by atoms with E-state index in [-0.39, 0.29) is 31.8 Å². The maximum atomic E-state index is 12.6. The number of nitrogens with zero attached hydrogens (tertiary/aromatic N) is 3. The quantitative estimate of drug-likeness (QED) is 0.861. The normalized spacial score (nSPS) is 17.3. The zero-order valence-corrected chi connectivity index (χ0v) is 12.3. The molecule has 2 heterocycles. The summed E-state index contributed by atoms with van der Waals surface area (Å²) in [5, 5.41) is 4.16. The summed E-state index contributed by atoms with van der Waals surface area (Å²) in [4.78, 5) is 13.9. The van der Waals surface area contributed by atoms with Gasteiger partial charge in [-0.1, -0.05) is 6.92 Å². The Morgan fingerprint density at radius 1 is 1.38 bits per heavy atom. The van der Waals surface area contributed by atoms with Crippen LogP contribution in [-0.4, -0.2) is 39.9 Å². The van der Waals surface area contributed by atoms with Gasteiger partial charge in [-0.3, -0.25) is 9.48 Å². The number of rotatable bonds is 3. The van der Waals surface area contributed by atoms with Gasteiger partial charge in [-0.15, -0.1) is 0 Å². The van der Waals surface area contributed by atoms with Crippen molar-refractivity contribution in [2.24, 2.45) is 5.92 Å². The zero-order valence-electron chi connectivity index (χ0n) is 12.3. The first kappa shape index (κ1) is 15.9. The smallest absolute Gasteiger partial charge is 0.339 e. The summed E-state index contributed by atoms with van der Waals surface area (Å²) >= 11 is 0. The first-order chi connectivity index (χ1) is 9.84. The van der Waals surface area contributed by atoms with Gasteiger partial charge >= 0.3 is 6.18 Å². The van der Waals surface area contributed by atoms with Gasteiger partial charge in [-0.25, -0.2) is 0 Å². The molecule has 0 radical (unpaired) electrons. The lowest BCUT2D eigenvalue weighted by Gasteiger charge is -2.32. The fraction of sp³-hybridized carbons (Fsp3) is 0.714. The van der Waals surface area contributed by atoms with Crippen LogP contribution in [-0.2, 0) is 6.54 Å². The van der Waals surface area contributed by atoms with Gasteiger partial charge in [0.25, 0.3) is 5.91 Å². The molecule has 1 fully saturated rings. The van der Waals surface area contributed by atoms with E-state index in [9.17, 15) is 18.0 Å². The number of piperidine rings is 1. The van der Waals surface area contributed by atoms with E-state index in [0.29, 0.717) is 5.56 Å².